The van der Waals surface area contributed by atoms with Crippen molar-refractivity contribution in [2.75, 3.05) is 0 Å². The summed E-state index contributed by atoms with van der Waals surface area (Å²) in [4.78, 5) is 0. The highest BCUT2D eigenvalue weighted by molar-refractivity contribution is 5.77. The molecule has 0 amide bonds. The van der Waals surface area contributed by atoms with Gasteiger partial charge in [-0.05, 0) is 6.07 Å². The summed E-state index contributed by atoms with van der Waals surface area (Å²) >= 11 is 0. The molecule has 16 heavy (non-hydrogen) atoms. The van der Waals surface area contributed by atoms with Crippen LogP contribution in [0.4, 0.5) is 13.2 Å². The number of fused-ring (bicyclic) bond motifs is 1. The van der Waals surface area contributed by atoms with Crippen LogP contribution in [0.1, 0.15) is 0 Å². The van der Waals surface area contributed by atoms with Gasteiger partial charge < -0.3 is 5.11 Å². The molecule has 3 nitrogen and oxygen atoms in total. The Morgan fingerprint density at radius 3 is 2.62 bits per heavy atom. The highest BCUT2D eigenvalue weighted by atomic mass is 19.4. The lowest BCUT2D eigenvalue weighted by Gasteiger charge is -2.13. The first kappa shape index (κ1) is 10.9. The molecule has 1 aromatic carbocycles. The number of rotatable bonds is 2. The summed E-state index contributed by atoms with van der Waals surface area (Å²) < 4.78 is 37.4. The standard InChI is InChI=1S/C10H9F3N2O/c11-10(12,13)9(16)6-15-5-7-3-1-2-4-8(7)14-15/h1-5,9,16H,6H2. The maximum Gasteiger partial charge on any atom is 0.416 e. The first-order chi connectivity index (χ1) is 7.47. The molecule has 0 aliphatic heterocycles. The molecule has 1 N–H and O–H groups in total. The van der Waals surface area contributed by atoms with Crippen molar-refractivity contribution in [2.24, 2.45) is 0 Å². The van der Waals surface area contributed by atoms with Gasteiger partial charge in [0.2, 0.25) is 0 Å². The summed E-state index contributed by atoms with van der Waals surface area (Å²) in [6.45, 7) is -0.585. The molecular weight excluding hydrogens is 221 g/mol. The molecule has 0 spiro atoms. The molecule has 2 rings (SSSR count). The number of halogens is 3. The zero-order chi connectivity index (χ0) is 11.8. The van der Waals surface area contributed by atoms with E-state index in [4.69, 9.17) is 5.11 Å². The van der Waals surface area contributed by atoms with Crippen LogP contribution in [-0.4, -0.2) is 27.2 Å². The van der Waals surface area contributed by atoms with E-state index in [0.717, 1.165) is 10.1 Å². The maximum atomic E-state index is 12.1. The van der Waals surface area contributed by atoms with Crippen LogP contribution in [0.3, 0.4) is 0 Å². The fourth-order valence-corrected chi connectivity index (χ4v) is 1.39. The fraction of sp³-hybridized carbons (Fsp3) is 0.300. The second kappa shape index (κ2) is 3.79. The van der Waals surface area contributed by atoms with E-state index < -0.39 is 18.8 Å². The van der Waals surface area contributed by atoms with Crippen molar-refractivity contribution >= 4 is 10.9 Å². The smallest absolute Gasteiger partial charge is 0.382 e. The monoisotopic (exact) mass is 230 g/mol. The third-order valence-electron chi connectivity index (χ3n) is 2.20. The third kappa shape index (κ3) is 2.16. The second-order valence-electron chi connectivity index (χ2n) is 3.47. The number of nitrogens with zero attached hydrogens (tertiary/aromatic N) is 2. The Labute approximate surface area is 89.1 Å². The summed E-state index contributed by atoms with van der Waals surface area (Å²) in [5.41, 5.74) is 0.608. The molecule has 1 atom stereocenters. The Hall–Kier alpha value is -1.56. The first-order valence-corrected chi connectivity index (χ1v) is 4.64. The van der Waals surface area contributed by atoms with E-state index in [1.807, 2.05) is 0 Å². The molecule has 1 heterocycles. The van der Waals surface area contributed by atoms with Gasteiger partial charge in [0.25, 0.3) is 0 Å². The van der Waals surface area contributed by atoms with Crippen LogP contribution in [0, 0.1) is 0 Å². The minimum atomic E-state index is -4.61. The fourth-order valence-electron chi connectivity index (χ4n) is 1.39. The highest BCUT2D eigenvalue weighted by Gasteiger charge is 2.38. The maximum absolute atomic E-state index is 12.1. The van der Waals surface area contributed by atoms with Gasteiger partial charge in [0.1, 0.15) is 0 Å². The minimum absolute atomic E-state index is 0.585. The SMILES string of the molecule is OC(Cn1cc2ccccc2n1)C(F)(F)F. The normalized spacial score (nSPS) is 14.2. The van der Waals surface area contributed by atoms with Crippen LogP contribution < -0.4 is 0 Å². The van der Waals surface area contributed by atoms with E-state index in [9.17, 15) is 13.2 Å². The Kier molecular flexibility index (Phi) is 2.59. The van der Waals surface area contributed by atoms with E-state index >= 15 is 0 Å². The Morgan fingerprint density at radius 2 is 2.00 bits per heavy atom. The molecule has 6 heteroatoms. The number of aliphatic hydroxyl groups excluding tert-OH is 1. The van der Waals surface area contributed by atoms with Crippen molar-refractivity contribution in [2.45, 2.75) is 18.8 Å². The summed E-state index contributed by atoms with van der Waals surface area (Å²) in [5.74, 6) is 0. The van der Waals surface area contributed by atoms with Gasteiger partial charge in [0.15, 0.2) is 6.10 Å². The van der Waals surface area contributed by atoms with Crippen molar-refractivity contribution < 1.29 is 18.3 Å². The average molecular weight is 230 g/mol. The largest absolute Gasteiger partial charge is 0.416 e. The predicted octanol–water partition coefficient (Wildman–Crippen LogP) is 1.96. The summed E-state index contributed by atoms with van der Waals surface area (Å²) in [7, 11) is 0. The molecule has 0 bridgehead atoms. The van der Waals surface area contributed by atoms with Crippen molar-refractivity contribution in [1.82, 2.24) is 9.78 Å². The average Bonchev–Trinajstić information content (AvgIpc) is 2.58. The van der Waals surface area contributed by atoms with E-state index in [0.29, 0.717) is 5.52 Å². The summed E-state index contributed by atoms with van der Waals surface area (Å²) in [5, 5.41) is 13.5. The van der Waals surface area contributed by atoms with Crippen LogP contribution >= 0.6 is 0 Å². The van der Waals surface area contributed by atoms with Crippen LogP contribution in [0.5, 0.6) is 0 Å². The predicted molar refractivity (Wildman–Crippen MR) is 51.8 cm³/mol. The van der Waals surface area contributed by atoms with Gasteiger partial charge in [0, 0.05) is 11.6 Å². The lowest BCUT2D eigenvalue weighted by molar-refractivity contribution is -0.207. The van der Waals surface area contributed by atoms with E-state index in [1.54, 1.807) is 24.3 Å². The second-order valence-corrected chi connectivity index (χ2v) is 3.47. The molecule has 0 aliphatic carbocycles. The number of aromatic nitrogens is 2. The zero-order valence-corrected chi connectivity index (χ0v) is 8.15. The number of benzene rings is 1. The van der Waals surface area contributed by atoms with Crippen LogP contribution in [-0.2, 0) is 6.54 Å². The molecule has 0 radical (unpaired) electrons. The number of aliphatic hydroxyl groups is 1. The lowest BCUT2D eigenvalue weighted by Crippen LogP contribution is -2.32. The van der Waals surface area contributed by atoms with E-state index in [-0.39, 0.29) is 0 Å². The van der Waals surface area contributed by atoms with Crippen LogP contribution in [0.25, 0.3) is 10.9 Å². The Morgan fingerprint density at radius 1 is 1.31 bits per heavy atom. The molecule has 2 aromatic rings. The number of alkyl halides is 3. The topological polar surface area (TPSA) is 38.0 Å². The Balaban J connectivity index is 2.22. The van der Waals surface area contributed by atoms with E-state index in [1.165, 1.54) is 6.20 Å². The van der Waals surface area contributed by atoms with Crippen molar-refractivity contribution in [1.29, 1.82) is 0 Å². The summed E-state index contributed by atoms with van der Waals surface area (Å²) in [6, 6.07) is 6.97. The molecular formula is C10H9F3N2O. The van der Waals surface area contributed by atoms with Crippen molar-refractivity contribution in [3.05, 3.63) is 30.5 Å². The van der Waals surface area contributed by atoms with Crippen molar-refractivity contribution in [3.63, 3.8) is 0 Å². The third-order valence-corrected chi connectivity index (χ3v) is 2.20. The van der Waals surface area contributed by atoms with Crippen LogP contribution in [0.2, 0.25) is 0 Å². The minimum Gasteiger partial charge on any atom is -0.382 e. The van der Waals surface area contributed by atoms with Gasteiger partial charge in [-0.1, -0.05) is 18.2 Å². The molecule has 1 aromatic heterocycles. The van der Waals surface area contributed by atoms with Gasteiger partial charge in [0.05, 0.1) is 12.1 Å². The van der Waals surface area contributed by atoms with Crippen molar-refractivity contribution in [3.8, 4) is 0 Å². The van der Waals surface area contributed by atoms with Crippen LogP contribution in [0.15, 0.2) is 30.5 Å². The highest BCUT2D eigenvalue weighted by Crippen LogP contribution is 2.21. The molecule has 0 saturated carbocycles. The lowest BCUT2D eigenvalue weighted by atomic mass is 10.3. The quantitative estimate of drug-likeness (QED) is 0.856. The molecule has 0 fully saturated rings. The number of hydrogen-bond donors (Lipinski definition) is 1. The van der Waals surface area contributed by atoms with Gasteiger partial charge >= 0.3 is 6.18 Å². The van der Waals surface area contributed by atoms with Gasteiger partial charge in [-0.15, -0.1) is 0 Å². The number of hydrogen-bond acceptors (Lipinski definition) is 2. The van der Waals surface area contributed by atoms with E-state index in [2.05, 4.69) is 5.10 Å². The zero-order valence-electron chi connectivity index (χ0n) is 8.15. The summed E-state index contributed by atoms with van der Waals surface area (Å²) in [6.07, 6.45) is -5.52. The molecule has 86 valence electrons. The molecule has 1 unspecified atom stereocenters. The van der Waals surface area contributed by atoms with Gasteiger partial charge in [-0.25, -0.2) is 0 Å². The molecule has 0 saturated heterocycles. The first-order valence-electron chi connectivity index (χ1n) is 4.64. The van der Waals surface area contributed by atoms with Gasteiger partial charge in [-0.2, -0.15) is 18.3 Å². The van der Waals surface area contributed by atoms with Gasteiger partial charge in [-0.3, -0.25) is 4.68 Å². The Bertz CT molecular complexity index is 459. The molecule has 0 aliphatic rings.